The molecule has 0 heterocycles. The minimum atomic E-state index is -0.984. The van der Waals surface area contributed by atoms with Crippen LogP contribution in [-0.4, -0.2) is 5.11 Å². The molecule has 0 aliphatic heterocycles. The number of hydrogen-bond acceptors (Lipinski definition) is 1. The first-order chi connectivity index (χ1) is 6.48. The van der Waals surface area contributed by atoms with Crippen molar-refractivity contribution >= 4 is 15.9 Å². The molecule has 1 N–H and O–H groups in total. The van der Waals surface area contributed by atoms with Gasteiger partial charge >= 0.3 is 0 Å². The highest BCUT2D eigenvalue weighted by molar-refractivity contribution is 9.10. The Kier molecular flexibility index (Phi) is 3.33. The summed E-state index contributed by atoms with van der Waals surface area (Å²) in [6, 6.07) is 7.57. The maximum Gasteiger partial charge on any atom is 0.115 e. The molecule has 1 atom stereocenters. The Balaban J connectivity index is 3.16. The van der Waals surface area contributed by atoms with Crippen molar-refractivity contribution in [3.63, 3.8) is 0 Å². The summed E-state index contributed by atoms with van der Waals surface area (Å²) in [7, 11) is 0. The molecule has 74 valence electrons. The molecule has 1 aromatic carbocycles. The first-order valence-corrected chi connectivity index (χ1v) is 5.13. The minimum absolute atomic E-state index is 0.722. The van der Waals surface area contributed by atoms with Gasteiger partial charge in [0.25, 0.3) is 0 Å². The fourth-order valence-electron chi connectivity index (χ4n) is 1.16. The molecule has 1 rings (SSSR count). The molecular weight excluding hydrogens is 240 g/mol. The van der Waals surface area contributed by atoms with Crippen LogP contribution in [0.4, 0.5) is 0 Å². The van der Waals surface area contributed by atoms with Crippen LogP contribution in [-0.2, 0) is 5.60 Å². The number of halogens is 1. The molecule has 0 fully saturated rings. The Morgan fingerprint density at radius 3 is 2.36 bits per heavy atom. The van der Waals surface area contributed by atoms with E-state index in [0.717, 1.165) is 15.6 Å². The van der Waals surface area contributed by atoms with Crippen molar-refractivity contribution < 1.29 is 5.11 Å². The standard InChI is InChI=1S/C12H13BrO/c1-4-9(2)12(3,14)10-5-7-11(13)8-6-10/h5-8,14H,1H2,2-3H3. The minimum Gasteiger partial charge on any atom is -0.380 e. The number of rotatable bonds is 2. The molecule has 0 spiro atoms. The molecule has 1 aromatic rings. The Hall–Kier alpha value is -0.820. The van der Waals surface area contributed by atoms with E-state index in [1.807, 2.05) is 31.2 Å². The molecule has 2 heteroatoms. The summed E-state index contributed by atoms with van der Waals surface area (Å²) in [4.78, 5) is 0. The van der Waals surface area contributed by atoms with E-state index >= 15 is 0 Å². The zero-order chi connectivity index (χ0) is 10.8. The zero-order valence-electron chi connectivity index (χ0n) is 8.34. The average molecular weight is 253 g/mol. The van der Waals surface area contributed by atoms with Crippen LogP contribution in [0, 0.1) is 0 Å². The number of benzene rings is 1. The summed E-state index contributed by atoms with van der Waals surface area (Å²) in [5.74, 6) is 0. The first kappa shape index (κ1) is 11.3. The quantitative estimate of drug-likeness (QED) is 0.801. The highest BCUT2D eigenvalue weighted by atomic mass is 79.9. The molecule has 0 amide bonds. The second-order valence-corrected chi connectivity index (χ2v) is 4.30. The van der Waals surface area contributed by atoms with Gasteiger partial charge in [0.05, 0.1) is 0 Å². The Labute approximate surface area is 92.9 Å². The van der Waals surface area contributed by atoms with Crippen molar-refractivity contribution in [3.8, 4) is 0 Å². The van der Waals surface area contributed by atoms with E-state index in [0.29, 0.717) is 0 Å². The fourth-order valence-corrected chi connectivity index (χ4v) is 1.43. The monoisotopic (exact) mass is 252 g/mol. The van der Waals surface area contributed by atoms with Gasteiger partial charge in [-0.25, -0.2) is 0 Å². The van der Waals surface area contributed by atoms with Gasteiger partial charge in [-0.15, -0.1) is 5.73 Å². The lowest BCUT2D eigenvalue weighted by Gasteiger charge is -2.23. The summed E-state index contributed by atoms with van der Waals surface area (Å²) in [5.41, 5.74) is 3.30. The Bertz CT molecular complexity index is 370. The smallest absolute Gasteiger partial charge is 0.115 e. The van der Waals surface area contributed by atoms with Crippen molar-refractivity contribution in [2.75, 3.05) is 0 Å². The third-order valence-electron chi connectivity index (χ3n) is 2.40. The lowest BCUT2D eigenvalue weighted by molar-refractivity contribution is 0.0978. The molecule has 14 heavy (non-hydrogen) atoms. The van der Waals surface area contributed by atoms with Crippen molar-refractivity contribution in [2.45, 2.75) is 19.4 Å². The van der Waals surface area contributed by atoms with Gasteiger partial charge in [0.15, 0.2) is 0 Å². The van der Waals surface area contributed by atoms with Gasteiger partial charge in [-0.2, -0.15) is 0 Å². The summed E-state index contributed by atoms with van der Waals surface area (Å²) < 4.78 is 0.997. The van der Waals surface area contributed by atoms with E-state index in [4.69, 9.17) is 0 Å². The lowest BCUT2D eigenvalue weighted by atomic mass is 9.89. The van der Waals surface area contributed by atoms with Crippen molar-refractivity contribution in [1.82, 2.24) is 0 Å². The molecule has 1 nitrogen and oxygen atoms in total. The zero-order valence-corrected chi connectivity index (χ0v) is 9.93. The van der Waals surface area contributed by atoms with E-state index in [1.165, 1.54) is 0 Å². The molecule has 0 bridgehead atoms. The largest absolute Gasteiger partial charge is 0.380 e. The summed E-state index contributed by atoms with van der Waals surface area (Å²) in [5, 5.41) is 10.2. The predicted octanol–water partition coefficient (Wildman–Crippen LogP) is 3.39. The van der Waals surface area contributed by atoms with E-state index in [2.05, 4.69) is 28.2 Å². The van der Waals surface area contributed by atoms with E-state index in [1.54, 1.807) is 6.92 Å². The van der Waals surface area contributed by atoms with Crippen LogP contribution < -0.4 is 0 Å². The van der Waals surface area contributed by atoms with Gasteiger partial charge in [-0.1, -0.05) is 34.6 Å². The molecule has 0 saturated carbocycles. The second-order valence-electron chi connectivity index (χ2n) is 3.38. The van der Waals surface area contributed by atoms with Gasteiger partial charge in [-0.3, -0.25) is 0 Å². The highest BCUT2D eigenvalue weighted by Crippen LogP contribution is 2.28. The van der Waals surface area contributed by atoms with Gasteiger partial charge in [0.2, 0.25) is 0 Å². The maximum atomic E-state index is 10.2. The number of hydrogen-bond donors (Lipinski definition) is 1. The number of aliphatic hydroxyl groups is 1. The Morgan fingerprint density at radius 2 is 1.93 bits per heavy atom. The first-order valence-electron chi connectivity index (χ1n) is 4.34. The van der Waals surface area contributed by atoms with Crippen molar-refractivity contribution in [1.29, 1.82) is 0 Å². The third kappa shape index (κ3) is 2.16. The average Bonchev–Trinajstić information content (AvgIpc) is 2.17. The van der Waals surface area contributed by atoms with E-state index < -0.39 is 5.60 Å². The van der Waals surface area contributed by atoms with Gasteiger partial charge in [0, 0.05) is 10.0 Å². The van der Waals surface area contributed by atoms with Crippen LogP contribution in [0.1, 0.15) is 19.4 Å². The van der Waals surface area contributed by atoms with E-state index in [-0.39, 0.29) is 0 Å². The summed E-state index contributed by atoms with van der Waals surface area (Å²) in [6.07, 6.45) is 0. The van der Waals surface area contributed by atoms with Gasteiger partial charge in [0.1, 0.15) is 5.60 Å². The van der Waals surface area contributed by atoms with Crippen LogP contribution in [0.3, 0.4) is 0 Å². The molecule has 0 saturated heterocycles. The molecule has 0 aromatic heterocycles. The van der Waals surface area contributed by atoms with Crippen LogP contribution in [0.15, 0.2) is 46.6 Å². The van der Waals surface area contributed by atoms with E-state index in [9.17, 15) is 5.11 Å². The van der Waals surface area contributed by atoms with Crippen LogP contribution in [0.25, 0.3) is 0 Å². The highest BCUT2D eigenvalue weighted by Gasteiger charge is 2.24. The van der Waals surface area contributed by atoms with Crippen molar-refractivity contribution in [2.24, 2.45) is 0 Å². The summed E-state index contributed by atoms with van der Waals surface area (Å²) >= 11 is 3.35. The van der Waals surface area contributed by atoms with Crippen LogP contribution in [0.2, 0.25) is 0 Å². The molecular formula is C12H13BrO. The maximum absolute atomic E-state index is 10.2. The topological polar surface area (TPSA) is 20.2 Å². The normalized spacial score (nSPS) is 14.3. The third-order valence-corrected chi connectivity index (χ3v) is 2.93. The van der Waals surface area contributed by atoms with Crippen molar-refractivity contribution in [3.05, 3.63) is 52.2 Å². The van der Waals surface area contributed by atoms with Gasteiger partial charge < -0.3 is 5.11 Å². The second kappa shape index (κ2) is 4.14. The van der Waals surface area contributed by atoms with Crippen LogP contribution in [0.5, 0.6) is 0 Å². The Morgan fingerprint density at radius 1 is 1.43 bits per heavy atom. The molecule has 0 aliphatic rings. The lowest BCUT2D eigenvalue weighted by Crippen LogP contribution is -2.21. The molecule has 1 unspecified atom stereocenters. The molecule has 0 aliphatic carbocycles. The SMILES string of the molecule is C=C=C(C)C(C)(O)c1ccc(Br)cc1. The van der Waals surface area contributed by atoms with Crippen LogP contribution >= 0.6 is 15.9 Å². The molecule has 0 radical (unpaired) electrons. The van der Waals surface area contributed by atoms with Gasteiger partial charge in [-0.05, 0) is 31.5 Å². The summed E-state index contributed by atoms with van der Waals surface area (Å²) in [6.45, 7) is 7.09. The fraction of sp³-hybridized carbons (Fsp3) is 0.250. The predicted molar refractivity (Wildman–Crippen MR) is 62.0 cm³/mol.